The Bertz CT molecular complexity index is 677. The summed E-state index contributed by atoms with van der Waals surface area (Å²) in [7, 11) is 4.31. The Morgan fingerprint density at radius 1 is 1.39 bits per heavy atom. The van der Waals surface area contributed by atoms with Crippen LogP contribution in [0, 0.1) is 6.92 Å². The topological polar surface area (TPSA) is 82.1 Å². The Morgan fingerprint density at radius 2 is 2.14 bits per heavy atom. The lowest BCUT2D eigenvalue weighted by Crippen LogP contribution is -2.51. The number of ether oxygens (including phenoxy) is 1. The summed E-state index contributed by atoms with van der Waals surface area (Å²) in [5.41, 5.74) is 0.709. The van der Waals surface area contributed by atoms with E-state index in [-0.39, 0.29) is 12.0 Å². The van der Waals surface area contributed by atoms with E-state index in [4.69, 9.17) is 9.73 Å². The first-order chi connectivity index (χ1) is 13.3. The Labute approximate surface area is 172 Å². The van der Waals surface area contributed by atoms with Gasteiger partial charge in [0.15, 0.2) is 5.96 Å². The molecule has 2 heterocycles. The van der Waals surface area contributed by atoms with Crippen molar-refractivity contribution in [1.82, 2.24) is 25.4 Å². The predicted molar refractivity (Wildman–Crippen MR) is 114 cm³/mol. The van der Waals surface area contributed by atoms with Crippen LogP contribution in [0.3, 0.4) is 0 Å². The lowest BCUT2D eigenvalue weighted by molar-refractivity contribution is 0.0531. The molecule has 0 bridgehead atoms. The zero-order chi connectivity index (χ0) is 20.7. The fourth-order valence-electron chi connectivity index (χ4n) is 3.07. The number of piperazine rings is 1. The molecule has 9 heteroatoms. The second kappa shape index (κ2) is 10.7. The van der Waals surface area contributed by atoms with E-state index in [1.165, 1.54) is 11.3 Å². The molecule has 1 saturated heterocycles. The van der Waals surface area contributed by atoms with Gasteiger partial charge in [-0.1, -0.05) is 0 Å². The van der Waals surface area contributed by atoms with E-state index in [0.717, 1.165) is 43.7 Å². The van der Waals surface area contributed by atoms with Gasteiger partial charge in [-0.3, -0.25) is 9.89 Å². The highest BCUT2D eigenvalue weighted by Crippen LogP contribution is 2.24. The van der Waals surface area contributed by atoms with E-state index in [1.54, 1.807) is 6.92 Å². The lowest BCUT2D eigenvalue weighted by Gasteiger charge is -2.37. The van der Waals surface area contributed by atoms with E-state index in [2.05, 4.69) is 46.4 Å². The van der Waals surface area contributed by atoms with E-state index in [1.807, 2.05) is 13.8 Å². The maximum Gasteiger partial charge on any atom is 0.350 e. The molecule has 2 rings (SSSR count). The number of guanidine groups is 1. The van der Waals surface area contributed by atoms with Crippen LogP contribution < -0.4 is 10.6 Å². The van der Waals surface area contributed by atoms with Gasteiger partial charge < -0.3 is 20.3 Å². The van der Waals surface area contributed by atoms with Crippen molar-refractivity contribution in [1.29, 1.82) is 0 Å². The quantitative estimate of drug-likeness (QED) is 0.400. The normalized spacial score (nSPS) is 20.1. The van der Waals surface area contributed by atoms with Crippen molar-refractivity contribution in [2.75, 3.05) is 53.4 Å². The first kappa shape index (κ1) is 22.6. The number of nitrogens with one attached hydrogen (secondary N) is 2. The molecule has 2 atom stereocenters. The van der Waals surface area contributed by atoms with Crippen molar-refractivity contribution in [3.8, 4) is 0 Å². The summed E-state index contributed by atoms with van der Waals surface area (Å²) in [4.78, 5) is 26.7. The summed E-state index contributed by atoms with van der Waals surface area (Å²) in [6.45, 7) is 12.8. The van der Waals surface area contributed by atoms with Gasteiger partial charge in [0.25, 0.3) is 0 Å². The summed E-state index contributed by atoms with van der Waals surface area (Å²) in [6.07, 6.45) is 0. The molecule has 0 aromatic carbocycles. The third-order valence-corrected chi connectivity index (χ3v) is 6.10. The highest BCUT2D eigenvalue weighted by Gasteiger charge is 2.23. The van der Waals surface area contributed by atoms with Crippen molar-refractivity contribution >= 4 is 23.3 Å². The number of rotatable bonds is 7. The molecule has 2 N–H and O–H groups in total. The number of esters is 1. The van der Waals surface area contributed by atoms with E-state index in [0.29, 0.717) is 23.2 Å². The largest absolute Gasteiger partial charge is 0.462 e. The van der Waals surface area contributed by atoms with Crippen LogP contribution in [-0.4, -0.2) is 86.2 Å². The number of likely N-dealkylation sites (N-methyl/N-ethyl adjacent to an activating group) is 2. The maximum absolute atomic E-state index is 12.0. The number of aromatic nitrogens is 1. The van der Waals surface area contributed by atoms with Gasteiger partial charge in [0.05, 0.1) is 24.9 Å². The molecule has 0 spiro atoms. The Morgan fingerprint density at radius 3 is 2.82 bits per heavy atom. The van der Waals surface area contributed by atoms with Crippen LogP contribution >= 0.6 is 11.3 Å². The summed E-state index contributed by atoms with van der Waals surface area (Å²) in [5, 5.41) is 7.57. The fraction of sp³-hybridized carbons (Fsp3) is 0.737. The number of nitrogens with zero attached hydrogens (tertiary/aromatic N) is 4. The smallest absolute Gasteiger partial charge is 0.350 e. The van der Waals surface area contributed by atoms with Crippen LogP contribution in [0.4, 0.5) is 0 Å². The number of thiazole rings is 1. The van der Waals surface area contributed by atoms with Gasteiger partial charge in [0, 0.05) is 32.2 Å². The highest BCUT2D eigenvalue weighted by atomic mass is 32.1. The third-order valence-electron chi connectivity index (χ3n) is 4.78. The molecular formula is C19H34N6O2S. The number of carbonyl (C=O) groups excluding carboxylic acids is 1. The number of hydrogen-bond donors (Lipinski definition) is 2. The van der Waals surface area contributed by atoms with E-state index < -0.39 is 0 Å². The molecule has 158 valence electrons. The Kier molecular flexibility index (Phi) is 8.65. The van der Waals surface area contributed by atoms with Crippen molar-refractivity contribution in [3.05, 3.63) is 15.6 Å². The standard InChI is InChI=1S/C19H34N6O2S/c1-7-20-19(21-11-15-12-24(5)9-10-25(15)6)23-14(4)17-22-13(3)16(28-17)18(26)27-8-2/h14-15H,7-12H2,1-6H3,(H2,20,21,23). The molecule has 0 saturated carbocycles. The van der Waals surface area contributed by atoms with Crippen LogP contribution in [0.15, 0.2) is 4.99 Å². The summed E-state index contributed by atoms with van der Waals surface area (Å²) < 4.78 is 5.11. The van der Waals surface area contributed by atoms with Gasteiger partial charge in [-0.15, -0.1) is 11.3 Å². The Balaban J connectivity index is 2.04. The van der Waals surface area contributed by atoms with E-state index in [9.17, 15) is 4.79 Å². The average molecular weight is 411 g/mol. The van der Waals surface area contributed by atoms with Gasteiger partial charge >= 0.3 is 5.97 Å². The van der Waals surface area contributed by atoms with Crippen molar-refractivity contribution in [2.45, 2.75) is 39.8 Å². The van der Waals surface area contributed by atoms with Gasteiger partial charge in [-0.25, -0.2) is 9.78 Å². The molecule has 2 unspecified atom stereocenters. The first-order valence-electron chi connectivity index (χ1n) is 9.93. The van der Waals surface area contributed by atoms with Crippen molar-refractivity contribution in [2.24, 2.45) is 4.99 Å². The number of carbonyl (C=O) groups is 1. The van der Waals surface area contributed by atoms with Crippen molar-refractivity contribution < 1.29 is 9.53 Å². The highest BCUT2D eigenvalue weighted by molar-refractivity contribution is 7.13. The molecule has 1 aliphatic rings. The van der Waals surface area contributed by atoms with Crippen LogP contribution in [-0.2, 0) is 4.74 Å². The molecule has 0 aliphatic carbocycles. The summed E-state index contributed by atoms with van der Waals surface area (Å²) >= 11 is 1.38. The SMILES string of the molecule is CCNC(=NCC1CN(C)CCN1C)NC(C)c1nc(C)c(C(=O)OCC)s1. The minimum absolute atomic E-state index is 0.0589. The summed E-state index contributed by atoms with van der Waals surface area (Å²) in [6, 6.07) is 0.346. The zero-order valence-electron chi connectivity index (χ0n) is 17.9. The van der Waals surface area contributed by atoms with Gasteiger partial charge in [0.2, 0.25) is 0 Å². The monoisotopic (exact) mass is 410 g/mol. The van der Waals surface area contributed by atoms with Crippen LogP contribution in [0.2, 0.25) is 0 Å². The minimum atomic E-state index is -0.305. The lowest BCUT2D eigenvalue weighted by atomic mass is 10.2. The van der Waals surface area contributed by atoms with Gasteiger partial charge in [-0.2, -0.15) is 0 Å². The van der Waals surface area contributed by atoms with Crippen molar-refractivity contribution in [3.63, 3.8) is 0 Å². The Hall–Kier alpha value is -1.71. The molecule has 8 nitrogen and oxygen atoms in total. The van der Waals surface area contributed by atoms with E-state index >= 15 is 0 Å². The molecular weight excluding hydrogens is 376 g/mol. The number of hydrogen-bond acceptors (Lipinski definition) is 7. The van der Waals surface area contributed by atoms with Crippen LogP contribution in [0.25, 0.3) is 0 Å². The molecule has 0 radical (unpaired) electrons. The third kappa shape index (κ3) is 6.15. The van der Waals surface area contributed by atoms with Crippen LogP contribution in [0.5, 0.6) is 0 Å². The number of aliphatic imine (C=N–C) groups is 1. The fourth-order valence-corrected chi connectivity index (χ4v) is 4.03. The second-order valence-electron chi connectivity index (χ2n) is 7.17. The zero-order valence-corrected chi connectivity index (χ0v) is 18.7. The summed E-state index contributed by atoms with van der Waals surface area (Å²) in [5.74, 6) is 0.461. The maximum atomic E-state index is 12.0. The number of aryl methyl sites for hydroxylation is 1. The van der Waals surface area contributed by atoms with Crippen LogP contribution in [0.1, 0.15) is 47.2 Å². The molecule has 1 aliphatic heterocycles. The molecule has 0 amide bonds. The second-order valence-corrected chi connectivity index (χ2v) is 8.20. The molecule has 1 fully saturated rings. The molecule has 1 aromatic rings. The average Bonchev–Trinajstić information content (AvgIpc) is 3.04. The minimum Gasteiger partial charge on any atom is -0.462 e. The molecule has 28 heavy (non-hydrogen) atoms. The van der Waals surface area contributed by atoms with Gasteiger partial charge in [0.1, 0.15) is 9.88 Å². The van der Waals surface area contributed by atoms with Gasteiger partial charge in [-0.05, 0) is 41.8 Å². The molecule has 1 aromatic heterocycles. The first-order valence-corrected chi connectivity index (χ1v) is 10.7. The predicted octanol–water partition coefficient (Wildman–Crippen LogP) is 1.49.